The van der Waals surface area contributed by atoms with Crippen molar-refractivity contribution in [2.75, 3.05) is 5.73 Å². The Labute approximate surface area is 263 Å². The highest BCUT2D eigenvalue weighted by Gasteiger charge is 2.25. The fourth-order valence-electron chi connectivity index (χ4n) is 4.39. The molecule has 0 heterocycles. The number of nitro groups is 1. The van der Waals surface area contributed by atoms with Crippen molar-refractivity contribution in [2.24, 2.45) is 20.5 Å². The normalized spacial score (nSPS) is 12.8. The largest absolute Gasteiger partial charge is 0.505 e. The van der Waals surface area contributed by atoms with Crippen molar-refractivity contribution in [3.8, 4) is 5.75 Å². The molecule has 5 aromatic rings. The van der Waals surface area contributed by atoms with Crippen molar-refractivity contribution < 1.29 is 48.9 Å². The minimum absolute atomic E-state index is 0.0141. The van der Waals surface area contributed by atoms with Gasteiger partial charge >= 0.3 is 0 Å². The number of hydrogen-bond acceptors (Lipinski definition) is 14. The average Bonchev–Trinajstić information content (AvgIpc) is 2.98. The summed E-state index contributed by atoms with van der Waals surface area (Å²) in [6.45, 7) is 0. The summed E-state index contributed by atoms with van der Waals surface area (Å²) >= 11 is 0. The Morgan fingerprint density at radius 1 is 0.638 bits per heavy atom. The van der Waals surface area contributed by atoms with Gasteiger partial charge in [-0.15, -0.1) is 15.3 Å². The Bertz CT molecular complexity index is 2540. The predicted molar refractivity (Wildman–Crippen MR) is 165 cm³/mol. The SMILES string of the molecule is Nc1cc2c(O)c(/N=N\c3ccc(/N=N\c4ccc([N+](=O)[O-])cc4)c4ccc(S(=O)(=O)O)cc34)c(S(=O)(=O)O)cc2cc1S(=O)(=O)O. The summed E-state index contributed by atoms with van der Waals surface area (Å²) in [5.41, 5.74) is 4.41. The Morgan fingerprint density at radius 3 is 1.79 bits per heavy atom. The summed E-state index contributed by atoms with van der Waals surface area (Å²) in [5, 5.41) is 37.4. The van der Waals surface area contributed by atoms with E-state index in [1.165, 1.54) is 42.5 Å². The third kappa shape index (κ3) is 6.74. The van der Waals surface area contributed by atoms with Crippen LogP contribution in [0, 0.1) is 10.1 Å². The maximum absolute atomic E-state index is 12.3. The monoisotopic (exact) mass is 702 g/mol. The van der Waals surface area contributed by atoms with E-state index in [1.807, 2.05) is 0 Å². The highest BCUT2D eigenvalue weighted by molar-refractivity contribution is 7.86. The van der Waals surface area contributed by atoms with E-state index < -0.39 is 67.1 Å². The van der Waals surface area contributed by atoms with Crippen LogP contribution in [0.4, 0.5) is 34.1 Å². The number of hydrogen-bond donors (Lipinski definition) is 5. The van der Waals surface area contributed by atoms with Crippen LogP contribution in [0.25, 0.3) is 21.5 Å². The molecule has 0 amide bonds. The molecule has 18 nitrogen and oxygen atoms in total. The molecule has 0 spiro atoms. The molecule has 0 aliphatic heterocycles. The van der Waals surface area contributed by atoms with Crippen LogP contribution < -0.4 is 5.73 Å². The molecule has 0 bridgehead atoms. The molecule has 0 radical (unpaired) electrons. The van der Waals surface area contributed by atoms with Gasteiger partial charge in [-0.05, 0) is 60.0 Å². The van der Waals surface area contributed by atoms with Crippen molar-refractivity contribution in [3.63, 3.8) is 0 Å². The zero-order valence-electron chi connectivity index (χ0n) is 23.0. The van der Waals surface area contributed by atoms with Crippen LogP contribution in [-0.2, 0) is 30.4 Å². The molecule has 47 heavy (non-hydrogen) atoms. The minimum Gasteiger partial charge on any atom is -0.505 e. The van der Waals surface area contributed by atoms with E-state index in [4.69, 9.17) is 5.73 Å². The van der Waals surface area contributed by atoms with Gasteiger partial charge in [0.05, 0.1) is 32.6 Å². The van der Waals surface area contributed by atoms with Crippen molar-refractivity contribution in [1.82, 2.24) is 0 Å². The van der Waals surface area contributed by atoms with Gasteiger partial charge in [0.1, 0.15) is 15.5 Å². The van der Waals surface area contributed by atoms with Crippen LogP contribution in [0.2, 0.25) is 0 Å². The van der Waals surface area contributed by atoms with Crippen molar-refractivity contribution >= 4 is 86.0 Å². The first-order chi connectivity index (χ1) is 21.8. The molecule has 0 saturated carbocycles. The lowest BCUT2D eigenvalue weighted by molar-refractivity contribution is -0.384. The van der Waals surface area contributed by atoms with Crippen molar-refractivity contribution in [3.05, 3.63) is 82.9 Å². The molecule has 0 aliphatic rings. The van der Waals surface area contributed by atoms with E-state index in [2.05, 4.69) is 20.5 Å². The fraction of sp³-hybridized carbons (Fsp3) is 0. The molecule has 0 aromatic heterocycles. The highest BCUT2D eigenvalue weighted by Crippen LogP contribution is 2.44. The molecule has 0 atom stereocenters. The van der Waals surface area contributed by atoms with Crippen LogP contribution in [0.5, 0.6) is 5.75 Å². The number of aromatic hydroxyl groups is 1. The Hall–Kier alpha value is -5.45. The quantitative estimate of drug-likeness (QED) is 0.0423. The molecular weight excluding hydrogens is 685 g/mol. The Kier molecular flexibility index (Phi) is 8.21. The van der Waals surface area contributed by atoms with E-state index in [9.17, 15) is 54.1 Å². The third-order valence-corrected chi connectivity index (χ3v) is 9.19. The number of nitrogen functional groups attached to an aromatic ring is 1. The number of rotatable bonds is 8. The lowest BCUT2D eigenvalue weighted by Gasteiger charge is -2.11. The Morgan fingerprint density at radius 2 is 1.21 bits per heavy atom. The van der Waals surface area contributed by atoms with Crippen LogP contribution in [0.1, 0.15) is 0 Å². The lowest BCUT2D eigenvalue weighted by Crippen LogP contribution is -2.04. The summed E-state index contributed by atoms with van der Waals surface area (Å²) in [5.74, 6) is -0.913. The number of phenols is 1. The third-order valence-electron chi connectivity index (χ3n) is 6.57. The first-order valence-corrected chi connectivity index (χ1v) is 16.8. The zero-order chi connectivity index (χ0) is 34.5. The van der Waals surface area contributed by atoms with Crippen molar-refractivity contribution in [2.45, 2.75) is 14.7 Å². The van der Waals surface area contributed by atoms with E-state index >= 15 is 0 Å². The second-order valence-electron chi connectivity index (χ2n) is 9.59. The molecule has 5 aromatic carbocycles. The number of nitro benzene ring substituents is 1. The zero-order valence-corrected chi connectivity index (χ0v) is 25.5. The fourth-order valence-corrected chi connectivity index (χ4v) is 6.19. The number of phenolic OH excluding ortho intramolecular Hbond substituents is 1. The summed E-state index contributed by atoms with van der Waals surface area (Å²) < 4.78 is 101. The minimum atomic E-state index is -5.16. The number of non-ortho nitro benzene ring substituents is 1. The van der Waals surface area contributed by atoms with Gasteiger partial charge in [-0.2, -0.15) is 30.4 Å². The Balaban J connectivity index is 1.69. The topological polar surface area (TPSA) is 302 Å². The van der Waals surface area contributed by atoms with E-state index in [1.54, 1.807) is 0 Å². The van der Waals surface area contributed by atoms with E-state index in [0.29, 0.717) is 0 Å². The molecular formula is C26H18N6O12S3. The van der Waals surface area contributed by atoms with Gasteiger partial charge < -0.3 is 10.8 Å². The number of benzene rings is 5. The predicted octanol–water partition coefficient (Wildman–Crippen LogP) is 5.76. The average molecular weight is 703 g/mol. The molecule has 5 rings (SSSR count). The summed E-state index contributed by atoms with van der Waals surface area (Å²) in [6.07, 6.45) is 0. The molecule has 242 valence electrons. The summed E-state index contributed by atoms with van der Waals surface area (Å²) in [6, 6.07) is 13.5. The molecule has 0 fully saturated rings. The smallest absolute Gasteiger partial charge is 0.296 e. The van der Waals surface area contributed by atoms with Gasteiger partial charge in [-0.25, -0.2) is 0 Å². The van der Waals surface area contributed by atoms with Crippen molar-refractivity contribution in [1.29, 1.82) is 0 Å². The van der Waals surface area contributed by atoms with Crippen LogP contribution >= 0.6 is 0 Å². The van der Waals surface area contributed by atoms with Gasteiger partial charge in [0.2, 0.25) is 0 Å². The number of anilines is 1. The first kappa shape index (κ1) is 32.9. The molecule has 0 saturated heterocycles. The maximum Gasteiger partial charge on any atom is 0.296 e. The van der Waals surface area contributed by atoms with E-state index in [0.717, 1.165) is 30.3 Å². The lowest BCUT2D eigenvalue weighted by atomic mass is 10.1. The molecule has 21 heteroatoms. The number of nitrogens with zero attached hydrogens (tertiary/aromatic N) is 5. The standard InChI is InChI=1S/C26H18N6O12S3/c27-20-12-18-13(9-23(20)46(39,40)41)10-24(47(42,43)44)25(26(18)33)31-30-22-8-7-21(17-6-5-16(11-19(17)22)45(36,37)38)29-28-14-1-3-15(4-2-14)32(34)35/h1-12,33H,27H2,(H,36,37,38)(H,39,40,41)(H,42,43,44)/b29-28-,31-30-. The molecule has 0 unspecified atom stereocenters. The van der Waals surface area contributed by atoms with Gasteiger partial charge in [-0.1, -0.05) is 6.07 Å². The number of nitrogens with two attached hydrogens (primary N) is 1. The highest BCUT2D eigenvalue weighted by atomic mass is 32.2. The van der Waals surface area contributed by atoms with Crippen LogP contribution in [0.3, 0.4) is 0 Å². The van der Waals surface area contributed by atoms with Gasteiger partial charge in [0.15, 0.2) is 5.75 Å². The summed E-state index contributed by atoms with van der Waals surface area (Å²) in [7, 11) is -14.8. The number of fused-ring (bicyclic) bond motifs is 2. The van der Waals surface area contributed by atoms with Crippen LogP contribution in [-0.4, -0.2) is 48.9 Å². The van der Waals surface area contributed by atoms with E-state index in [-0.39, 0.29) is 44.3 Å². The maximum atomic E-state index is 12.3. The summed E-state index contributed by atoms with van der Waals surface area (Å²) in [4.78, 5) is 7.92. The first-order valence-electron chi connectivity index (χ1n) is 12.5. The number of azo groups is 2. The molecule has 6 N–H and O–H groups in total. The van der Waals surface area contributed by atoms with Gasteiger partial charge in [0.25, 0.3) is 36.0 Å². The second-order valence-corrected chi connectivity index (χ2v) is 13.8. The molecule has 0 aliphatic carbocycles. The van der Waals surface area contributed by atoms with Crippen LogP contribution in [0.15, 0.2) is 108 Å². The van der Waals surface area contributed by atoms with Gasteiger partial charge in [0, 0.05) is 28.3 Å². The second kappa shape index (κ2) is 11.7. The van der Waals surface area contributed by atoms with Gasteiger partial charge in [-0.3, -0.25) is 23.8 Å².